The summed E-state index contributed by atoms with van der Waals surface area (Å²) in [5.41, 5.74) is -1.88. The molecule has 1 aromatic heterocycles. The first-order valence-electron chi connectivity index (χ1n) is 7.78. The lowest BCUT2D eigenvalue weighted by molar-refractivity contribution is 0.545. The summed E-state index contributed by atoms with van der Waals surface area (Å²) in [5, 5.41) is -0.484. The van der Waals surface area contributed by atoms with Gasteiger partial charge in [0.25, 0.3) is 5.56 Å². The first-order chi connectivity index (χ1) is 12.7. The van der Waals surface area contributed by atoms with Crippen molar-refractivity contribution in [2.75, 3.05) is 0 Å². The van der Waals surface area contributed by atoms with Gasteiger partial charge >= 0.3 is 0 Å². The summed E-state index contributed by atoms with van der Waals surface area (Å²) < 4.78 is 70.8. The molecule has 3 rings (SSSR count). The third-order valence-electron chi connectivity index (χ3n) is 4.03. The molecule has 0 saturated heterocycles. The maximum Gasteiger partial charge on any atom is 0.251 e. The highest BCUT2D eigenvalue weighted by atomic mass is 35.5. The molecule has 3 aromatic rings. The van der Waals surface area contributed by atoms with E-state index in [9.17, 15) is 26.7 Å². The molecule has 0 saturated carbocycles. The molecule has 0 unspecified atom stereocenters. The van der Waals surface area contributed by atoms with Gasteiger partial charge in [-0.3, -0.25) is 4.79 Å². The van der Waals surface area contributed by atoms with Crippen LogP contribution in [-0.2, 0) is 6.54 Å². The summed E-state index contributed by atoms with van der Waals surface area (Å²) in [6.45, 7) is 1.54. The van der Waals surface area contributed by atoms with Gasteiger partial charge in [-0.2, -0.15) is 0 Å². The van der Waals surface area contributed by atoms with Crippen LogP contribution in [0.3, 0.4) is 0 Å². The summed E-state index contributed by atoms with van der Waals surface area (Å²) in [6, 6.07) is 4.59. The Hall–Kier alpha value is -2.67. The lowest BCUT2D eigenvalue weighted by Crippen LogP contribution is -2.21. The van der Waals surface area contributed by atoms with Crippen LogP contribution in [0.15, 0.2) is 41.2 Å². The zero-order valence-electron chi connectivity index (χ0n) is 13.8. The van der Waals surface area contributed by atoms with Gasteiger partial charge in [0, 0.05) is 41.9 Å². The number of nitrogens with zero attached hydrogens (tertiary/aromatic N) is 1. The average Bonchev–Trinajstić information content (AvgIpc) is 2.58. The molecule has 0 aliphatic carbocycles. The average molecular weight is 400 g/mol. The minimum atomic E-state index is -1.27. The molecule has 2 nitrogen and oxygen atoms in total. The SMILES string of the molecule is CCn1c(-c2c(F)cc(F)cc2F)c(-c2cc(F)cc(F)c2Cl)ccc1=O. The fourth-order valence-corrected chi connectivity index (χ4v) is 3.11. The van der Waals surface area contributed by atoms with Crippen LogP contribution in [0.2, 0.25) is 5.02 Å². The van der Waals surface area contributed by atoms with Gasteiger partial charge in [0.05, 0.1) is 16.3 Å². The Balaban J connectivity index is 2.49. The maximum absolute atomic E-state index is 14.4. The van der Waals surface area contributed by atoms with Crippen LogP contribution in [0.1, 0.15) is 6.92 Å². The Morgan fingerprint density at radius 2 is 1.41 bits per heavy atom. The number of rotatable bonds is 3. The predicted octanol–water partition coefficient (Wildman–Crippen LogP) is 5.55. The van der Waals surface area contributed by atoms with Crippen LogP contribution < -0.4 is 5.56 Å². The van der Waals surface area contributed by atoms with E-state index in [-0.39, 0.29) is 23.4 Å². The van der Waals surface area contributed by atoms with Crippen molar-refractivity contribution in [3.8, 4) is 22.4 Å². The van der Waals surface area contributed by atoms with Crippen molar-refractivity contribution in [2.24, 2.45) is 0 Å². The second kappa shape index (κ2) is 7.15. The molecule has 0 atom stereocenters. The minimum absolute atomic E-state index is 0.00627. The smallest absolute Gasteiger partial charge is 0.251 e. The summed E-state index contributed by atoms with van der Waals surface area (Å²) in [6.07, 6.45) is 0. The highest BCUT2D eigenvalue weighted by Crippen LogP contribution is 2.39. The molecule has 0 spiro atoms. The molecule has 0 fully saturated rings. The topological polar surface area (TPSA) is 22.0 Å². The molecule has 0 radical (unpaired) electrons. The predicted molar refractivity (Wildman–Crippen MR) is 92.0 cm³/mol. The monoisotopic (exact) mass is 399 g/mol. The van der Waals surface area contributed by atoms with Crippen LogP contribution in [0, 0.1) is 29.1 Å². The van der Waals surface area contributed by atoms with Gasteiger partial charge in [-0.05, 0) is 19.1 Å². The van der Waals surface area contributed by atoms with Crippen molar-refractivity contribution in [3.05, 3.63) is 80.9 Å². The number of aromatic nitrogens is 1. The molecule has 0 aliphatic heterocycles. The highest BCUT2D eigenvalue weighted by molar-refractivity contribution is 6.33. The van der Waals surface area contributed by atoms with Crippen molar-refractivity contribution < 1.29 is 22.0 Å². The Morgan fingerprint density at radius 1 is 0.852 bits per heavy atom. The van der Waals surface area contributed by atoms with E-state index in [1.54, 1.807) is 6.92 Å². The third kappa shape index (κ3) is 3.35. The molecular formula is C19H11ClF5NO. The molecule has 0 amide bonds. The van der Waals surface area contributed by atoms with Gasteiger partial charge in [0.1, 0.15) is 29.1 Å². The van der Waals surface area contributed by atoms with E-state index < -0.39 is 45.2 Å². The van der Waals surface area contributed by atoms with E-state index in [1.807, 2.05) is 0 Å². The highest BCUT2D eigenvalue weighted by Gasteiger charge is 2.23. The molecule has 8 heteroatoms. The maximum atomic E-state index is 14.4. The summed E-state index contributed by atoms with van der Waals surface area (Å²) in [5.74, 6) is -5.73. The summed E-state index contributed by atoms with van der Waals surface area (Å²) >= 11 is 5.92. The zero-order chi connectivity index (χ0) is 19.9. The van der Waals surface area contributed by atoms with Crippen LogP contribution in [0.4, 0.5) is 22.0 Å². The number of hydrogen-bond acceptors (Lipinski definition) is 1. The number of halogens is 6. The Morgan fingerprint density at radius 3 is 2.00 bits per heavy atom. The minimum Gasteiger partial charge on any atom is -0.308 e. The molecule has 2 aromatic carbocycles. The Labute approximate surface area is 155 Å². The zero-order valence-corrected chi connectivity index (χ0v) is 14.6. The summed E-state index contributed by atoms with van der Waals surface area (Å²) in [7, 11) is 0. The largest absolute Gasteiger partial charge is 0.308 e. The quantitative estimate of drug-likeness (QED) is 0.418. The van der Waals surface area contributed by atoms with E-state index >= 15 is 0 Å². The van der Waals surface area contributed by atoms with E-state index in [4.69, 9.17) is 11.6 Å². The lowest BCUT2D eigenvalue weighted by atomic mass is 9.97. The second-order valence-corrected chi connectivity index (χ2v) is 6.05. The van der Waals surface area contributed by atoms with Gasteiger partial charge in [-0.1, -0.05) is 11.6 Å². The third-order valence-corrected chi connectivity index (χ3v) is 4.41. The van der Waals surface area contributed by atoms with Gasteiger partial charge < -0.3 is 4.57 Å². The molecule has 140 valence electrons. The molecule has 0 bridgehead atoms. The number of pyridine rings is 1. The van der Waals surface area contributed by atoms with Crippen molar-refractivity contribution in [1.82, 2.24) is 4.57 Å². The number of benzene rings is 2. The lowest BCUT2D eigenvalue weighted by Gasteiger charge is -2.18. The molecule has 1 heterocycles. The Kier molecular flexibility index (Phi) is 5.06. The van der Waals surface area contributed by atoms with Gasteiger partial charge in [0.15, 0.2) is 0 Å². The van der Waals surface area contributed by atoms with Crippen molar-refractivity contribution >= 4 is 11.6 Å². The molecule has 0 N–H and O–H groups in total. The van der Waals surface area contributed by atoms with Crippen LogP contribution in [0.5, 0.6) is 0 Å². The first kappa shape index (κ1) is 19.1. The van der Waals surface area contributed by atoms with Crippen molar-refractivity contribution in [1.29, 1.82) is 0 Å². The van der Waals surface area contributed by atoms with E-state index in [1.165, 1.54) is 0 Å². The fourth-order valence-electron chi connectivity index (χ4n) is 2.90. The van der Waals surface area contributed by atoms with Gasteiger partial charge in [-0.25, -0.2) is 22.0 Å². The van der Waals surface area contributed by atoms with Crippen LogP contribution in [-0.4, -0.2) is 4.57 Å². The first-order valence-corrected chi connectivity index (χ1v) is 8.16. The van der Waals surface area contributed by atoms with Gasteiger partial charge in [0.2, 0.25) is 0 Å². The van der Waals surface area contributed by atoms with Gasteiger partial charge in [-0.15, -0.1) is 0 Å². The van der Waals surface area contributed by atoms with Crippen LogP contribution >= 0.6 is 11.6 Å². The van der Waals surface area contributed by atoms with E-state index in [2.05, 4.69) is 0 Å². The molecular weight excluding hydrogens is 389 g/mol. The second-order valence-electron chi connectivity index (χ2n) is 5.67. The van der Waals surface area contributed by atoms with Crippen molar-refractivity contribution in [3.63, 3.8) is 0 Å². The van der Waals surface area contributed by atoms with E-state index in [0.717, 1.165) is 22.8 Å². The molecule has 27 heavy (non-hydrogen) atoms. The Bertz CT molecular complexity index is 1090. The summed E-state index contributed by atoms with van der Waals surface area (Å²) in [4.78, 5) is 12.2. The van der Waals surface area contributed by atoms with E-state index in [0.29, 0.717) is 18.2 Å². The van der Waals surface area contributed by atoms with Crippen molar-refractivity contribution in [2.45, 2.75) is 13.5 Å². The number of hydrogen-bond donors (Lipinski definition) is 0. The normalized spacial score (nSPS) is 11.1. The van der Waals surface area contributed by atoms with Crippen LogP contribution in [0.25, 0.3) is 22.4 Å². The molecule has 0 aliphatic rings. The standard InChI is InChI=1S/C19H11ClF5NO/c1-2-26-16(27)4-3-11(12-5-9(21)8-15(25)18(12)20)19(26)17-13(23)6-10(22)7-14(17)24/h3-8H,2H2,1H3. The fraction of sp³-hybridized carbons (Fsp3) is 0.105.